The molecule has 3 amide bonds. The molecule has 3 aromatic rings. The van der Waals surface area contributed by atoms with Gasteiger partial charge in [0.05, 0.1) is 53.6 Å². The Labute approximate surface area is 259 Å². The van der Waals surface area contributed by atoms with Gasteiger partial charge in [0.2, 0.25) is 5.88 Å². The first-order valence-corrected chi connectivity index (χ1v) is 15.9. The fourth-order valence-electron chi connectivity index (χ4n) is 6.64. The molecule has 2 aromatic carbocycles. The largest absolute Gasteiger partial charge is 0.478 e. The molecule has 1 N–H and O–H groups in total. The molecule has 0 radical (unpaired) electrons. The van der Waals surface area contributed by atoms with Gasteiger partial charge in [-0.1, -0.05) is 0 Å². The maximum atomic E-state index is 14.8. The van der Waals surface area contributed by atoms with E-state index in [2.05, 4.69) is 15.2 Å². The molecule has 0 bridgehead atoms. The Balaban J connectivity index is 1.32. The highest BCUT2D eigenvalue weighted by molar-refractivity contribution is 7.93. The summed E-state index contributed by atoms with van der Waals surface area (Å²) in [5.74, 6) is -1.66. The van der Waals surface area contributed by atoms with Gasteiger partial charge < -0.3 is 19.7 Å². The van der Waals surface area contributed by atoms with Gasteiger partial charge in [-0.25, -0.2) is 22.6 Å². The molecule has 45 heavy (non-hydrogen) atoms. The number of likely N-dealkylation sites (tertiary alicyclic amines) is 2. The Morgan fingerprint density at radius 3 is 2.51 bits per heavy atom. The Bertz CT molecular complexity index is 1850. The van der Waals surface area contributed by atoms with Crippen LogP contribution in [0.25, 0.3) is 0 Å². The zero-order chi connectivity index (χ0) is 31.6. The third-order valence-corrected chi connectivity index (χ3v) is 10.6. The fraction of sp³-hybridized carbons (Fsp3) is 0.355. The zero-order valence-corrected chi connectivity index (χ0v) is 25.1. The normalized spacial score (nSPS) is 22.2. The number of sulfonamides is 1. The molecule has 1 atom stereocenters. The number of rotatable bonds is 7. The third-order valence-electron chi connectivity index (χ3n) is 8.91. The Kier molecular flexibility index (Phi) is 6.81. The number of amides is 3. The van der Waals surface area contributed by atoms with E-state index in [0.29, 0.717) is 36.7 Å². The minimum atomic E-state index is -4.62. The summed E-state index contributed by atoms with van der Waals surface area (Å²) >= 11 is 0. The molecule has 1 aromatic heterocycles. The van der Waals surface area contributed by atoms with Gasteiger partial charge in [0, 0.05) is 43.4 Å². The second-order valence-electron chi connectivity index (χ2n) is 11.8. The SMILES string of the molecule is CCOc1ncccc1[C@@]1(NC(=O)N2CC3(C2)CN(C2COC2)C3)C(=O)N(S(=O)(=O)c2ccc(F)cc2)c2ccc(C#N)cc21. The van der Waals surface area contributed by atoms with Gasteiger partial charge in [0.1, 0.15) is 5.82 Å². The number of nitriles is 1. The molecular formula is C31H29FN6O6S. The third kappa shape index (κ3) is 4.45. The van der Waals surface area contributed by atoms with Gasteiger partial charge in [-0.15, -0.1) is 0 Å². The number of anilines is 1. The number of urea groups is 1. The van der Waals surface area contributed by atoms with Crippen LogP contribution in [0.3, 0.4) is 0 Å². The lowest BCUT2D eigenvalue weighted by Gasteiger charge is -2.62. The molecule has 232 valence electrons. The van der Waals surface area contributed by atoms with Crippen molar-refractivity contribution in [3.05, 3.63) is 83.3 Å². The lowest BCUT2D eigenvalue weighted by molar-refractivity contribution is -0.165. The number of pyridine rings is 1. The van der Waals surface area contributed by atoms with Crippen LogP contribution in [0.15, 0.2) is 65.7 Å². The summed E-state index contributed by atoms with van der Waals surface area (Å²) in [5, 5.41) is 12.7. The van der Waals surface area contributed by atoms with Crippen molar-refractivity contribution in [2.45, 2.75) is 23.4 Å². The minimum Gasteiger partial charge on any atom is -0.478 e. The first-order valence-electron chi connectivity index (χ1n) is 14.5. The summed E-state index contributed by atoms with van der Waals surface area (Å²) in [6.45, 7) is 5.90. The highest BCUT2D eigenvalue weighted by Gasteiger charge is 2.61. The van der Waals surface area contributed by atoms with Crippen molar-refractivity contribution in [3.8, 4) is 11.9 Å². The number of hydrogen-bond donors (Lipinski definition) is 1. The number of halogens is 1. The molecule has 7 rings (SSSR count). The average Bonchev–Trinajstić information content (AvgIpc) is 3.20. The summed E-state index contributed by atoms with van der Waals surface area (Å²) in [7, 11) is -4.62. The van der Waals surface area contributed by atoms with E-state index in [-0.39, 0.29) is 45.2 Å². The van der Waals surface area contributed by atoms with E-state index in [1.165, 1.54) is 30.5 Å². The van der Waals surface area contributed by atoms with Gasteiger partial charge in [0.15, 0.2) is 5.54 Å². The molecule has 5 heterocycles. The maximum absolute atomic E-state index is 14.8. The van der Waals surface area contributed by atoms with Crippen LogP contribution in [0.1, 0.15) is 23.6 Å². The van der Waals surface area contributed by atoms with Crippen molar-refractivity contribution in [1.82, 2.24) is 20.1 Å². The van der Waals surface area contributed by atoms with E-state index < -0.39 is 33.3 Å². The Morgan fingerprint density at radius 2 is 1.87 bits per heavy atom. The van der Waals surface area contributed by atoms with Gasteiger partial charge in [-0.3, -0.25) is 9.69 Å². The number of fused-ring (bicyclic) bond motifs is 1. The number of nitrogens with zero attached hydrogens (tertiary/aromatic N) is 5. The van der Waals surface area contributed by atoms with Crippen LogP contribution in [-0.4, -0.2) is 87.2 Å². The molecule has 3 saturated heterocycles. The van der Waals surface area contributed by atoms with Crippen LogP contribution in [-0.2, 0) is 25.1 Å². The van der Waals surface area contributed by atoms with Crippen LogP contribution in [0.4, 0.5) is 14.9 Å². The zero-order valence-electron chi connectivity index (χ0n) is 24.3. The van der Waals surface area contributed by atoms with Gasteiger partial charge >= 0.3 is 6.03 Å². The number of hydrogen-bond acceptors (Lipinski definition) is 9. The number of ether oxygens (including phenoxy) is 2. The van der Waals surface area contributed by atoms with Gasteiger partial charge in [0.25, 0.3) is 15.9 Å². The molecule has 12 nitrogen and oxygen atoms in total. The molecule has 1 spiro atoms. The fourth-order valence-corrected chi connectivity index (χ4v) is 8.11. The van der Waals surface area contributed by atoms with Crippen molar-refractivity contribution < 1.29 is 31.9 Å². The molecule has 0 saturated carbocycles. The summed E-state index contributed by atoms with van der Waals surface area (Å²) in [6, 6.07) is 13.2. The summed E-state index contributed by atoms with van der Waals surface area (Å²) in [6.07, 6.45) is 1.46. The van der Waals surface area contributed by atoms with Gasteiger partial charge in [-0.05, 0) is 61.5 Å². The van der Waals surface area contributed by atoms with E-state index >= 15 is 0 Å². The monoisotopic (exact) mass is 632 g/mol. The molecular weight excluding hydrogens is 603 g/mol. The van der Waals surface area contributed by atoms with Crippen molar-refractivity contribution in [1.29, 1.82) is 5.26 Å². The van der Waals surface area contributed by atoms with Crippen LogP contribution in [0, 0.1) is 22.6 Å². The molecule has 4 aliphatic heterocycles. The average molecular weight is 633 g/mol. The van der Waals surface area contributed by atoms with Crippen molar-refractivity contribution in [2.75, 3.05) is 50.3 Å². The van der Waals surface area contributed by atoms with Crippen LogP contribution >= 0.6 is 0 Å². The molecule has 14 heteroatoms. The number of nitrogens with one attached hydrogen (secondary N) is 1. The molecule has 4 aliphatic rings. The standard InChI is InChI=1S/C31H29FN6O6S/c1-2-44-27-24(4-3-11-34-27)31(35-29(40)37-18-30(19-37)16-36(17-30)22-14-43-15-22)25-12-20(13-33)5-10-26(25)38(28(31)39)45(41,42)23-8-6-21(32)7-9-23/h3-12,22H,2,14-19H2,1H3,(H,35,40)/t31-/m0/s1. The highest BCUT2D eigenvalue weighted by Crippen LogP contribution is 2.50. The number of aromatic nitrogens is 1. The summed E-state index contributed by atoms with van der Waals surface area (Å²) in [5.41, 5.74) is -1.94. The van der Waals surface area contributed by atoms with E-state index in [1.807, 2.05) is 6.07 Å². The van der Waals surface area contributed by atoms with Crippen molar-refractivity contribution in [2.24, 2.45) is 5.41 Å². The minimum absolute atomic E-state index is 0.0143. The Morgan fingerprint density at radius 1 is 1.13 bits per heavy atom. The number of carbonyl (C=O) groups excluding carboxylic acids is 2. The predicted octanol–water partition coefficient (Wildman–Crippen LogP) is 2.20. The quantitative estimate of drug-likeness (QED) is 0.414. The molecule has 0 unspecified atom stereocenters. The molecule has 3 fully saturated rings. The molecule has 0 aliphatic carbocycles. The van der Waals surface area contributed by atoms with E-state index in [0.717, 1.165) is 37.4 Å². The van der Waals surface area contributed by atoms with Gasteiger partial charge in [-0.2, -0.15) is 9.57 Å². The van der Waals surface area contributed by atoms with E-state index in [1.54, 1.807) is 17.9 Å². The lowest BCUT2D eigenvalue weighted by atomic mass is 9.72. The topological polar surface area (TPSA) is 145 Å². The second kappa shape index (κ2) is 10.5. The van der Waals surface area contributed by atoms with E-state index in [9.17, 15) is 27.7 Å². The summed E-state index contributed by atoms with van der Waals surface area (Å²) < 4.78 is 53.6. The highest BCUT2D eigenvalue weighted by atomic mass is 32.2. The lowest BCUT2D eigenvalue weighted by Crippen LogP contribution is -2.77. The Hall–Kier alpha value is -4.58. The number of benzene rings is 2. The van der Waals surface area contributed by atoms with Crippen LogP contribution in [0.5, 0.6) is 5.88 Å². The summed E-state index contributed by atoms with van der Waals surface area (Å²) in [4.78, 5) is 36.7. The maximum Gasteiger partial charge on any atom is 0.318 e. The van der Waals surface area contributed by atoms with Crippen molar-refractivity contribution >= 4 is 27.6 Å². The van der Waals surface area contributed by atoms with E-state index in [4.69, 9.17) is 9.47 Å². The second-order valence-corrected chi connectivity index (χ2v) is 13.6. The van der Waals surface area contributed by atoms with Crippen molar-refractivity contribution in [3.63, 3.8) is 0 Å². The van der Waals surface area contributed by atoms with Crippen LogP contribution < -0.4 is 14.4 Å². The van der Waals surface area contributed by atoms with Crippen LogP contribution in [0.2, 0.25) is 0 Å². The predicted molar refractivity (Wildman–Crippen MR) is 157 cm³/mol. The smallest absolute Gasteiger partial charge is 0.318 e. The first-order chi connectivity index (χ1) is 21.6. The number of carbonyl (C=O) groups is 2. The first kappa shape index (κ1) is 29.1.